The molecule has 1 heterocycles. The molecule has 2 heteroatoms. The molecule has 1 nitrogen and oxygen atoms in total. The van der Waals surface area contributed by atoms with E-state index in [-0.39, 0.29) is 12.4 Å². The maximum Gasteiger partial charge on any atom is 0.102 e. The van der Waals surface area contributed by atoms with Gasteiger partial charge in [0.05, 0.1) is 19.3 Å². The lowest BCUT2D eigenvalue weighted by atomic mass is 10.0. The van der Waals surface area contributed by atoms with Crippen molar-refractivity contribution in [2.24, 2.45) is 0 Å². The summed E-state index contributed by atoms with van der Waals surface area (Å²) in [5, 5.41) is 0. The molecule has 0 bridgehead atoms. The molecule has 0 spiro atoms. The molecule has 0 aromatic rings. The van der Waals surface area contributed by atoms with E-state index in [1.165, 1.54) is 101 Å². The number of nitrogens with zero attached hydrogens (tertiary/aromatic N) is 1. The molecule has 1 atom stereocenters. The van der Waals surface area contributed by atoms with Crippen molar-refractivity contribution >= 4 is 0 Å². The summed E-state index contributed by atoms with van der Waals surface area (Å²) in [5.74, 6) is 0. The Balaban J connectivity index is 0.00000484. The molecule has 0 N–H and O–H groups in total. The summed E-state index contributed by atoms with van der Waals surface area (Å²) in [4.78, 5) is 0. The van der Waals surface area contributed by atoms with Gasteiger partial charge in [-0.2, -0.15) is 0 Å². The van der Waals surface area contributed by atoms with E-state index in [1.807, 2.05) is 0 Å². The summed E-state index contributed by atoms with van der Waals surface area (Å²) in [6, 6.07) is 0. The van der Waals surface area contributed by atoms with Gasteiger partial charge in [0.25, 0.3) is 0 Å². The molecule has 1 rings (SSSR count). The van der Waals surface area contributed by atoms with Gasteiger partial charge in [-0.1, -0.05) is 77.2 Å². The fourth-order valence-electron chi connectivity index (χ4n) is 3.47. The van der Waals surface area contributed by atoms with Crippen LogP contribution in [-0.4, -0.2) is 24.1 Å². The van der Waals surface area contributed by atoms with Crippen molar-refractivity contribution in [3.05, 3.63) is 24.4 Å². The summed E-state index contributed by atoms with van der Waals surface area (Å²) < 4.78 is 1.17. The first-order valence-electron chi connectivity index (χ1n) is 10.0. The second-order valence-electron chi connectivity index (χ2n) is 7.10. The first kappa shape index (κ1) is 22.7. The Hall–Kier alpha value is -0.270. The van der Waals surface area contributed by atoms with Gasteiger partial charge in [-0.05, 0) is 31.9 Å². The lowest BCUT2D eigenvalue weighted by molar-refractivity contribution is -0.872. The maximum atomic E-state index is 2.40. The molecule has 0 fully saturated rings. The van der Waals surface area contributed by atoms with Crippen LogP contribution in [0.5, 0.6) is 0 Å². The zero-order valence-electron chi connectivity index (χ0n) is 15.7. The molecular weight excluding hydrogens is 302 g/mol. The monoisotopic (exact) mass is 341 g/mol. The van der Waals surface area contributed by atoms with Crippen LogP contribution >= 0.6 is 0 Å². The highest BCUT2D eigenvalue weighted by Gasteiger charge is 2.21. The summed E-state index contributed by atoms with van der Waals surface area (Å²) in [5.41, 5.74) is 0. The third kappa shape index (κ3) is 11.0. The molecule has 1 unspecified atom stereocenters. The smallest absolute Gasteiger partial charge is 0.102 e. The van der Waals surface area contributed by atoms with Crippen molar-refractivity contribution in [3.8, 4) is 0 Å². The largest absolute Gasteiger partial charge is 1.00 e. The van der Waals surface area contributed by atoms with Crippen LogP contribution in [0.3, 0.4) is 0 Å². The van der Waals surface area contributed by atoms with E-state index in [1.54, 1.807) is 0 Å². The zero-order chi connectivity index (χ0) is 15.9. The van der Waals surface area contributed by atoms with E-state index in [0.717, 1.165) is 0 Å². The van der Waals surface area contributed by atoms with Crippen LogP contribution in [0.2, 0.25) is 0 Å². The van der Waals surface area contributed by atoms with Gasteiger partial charge in [-0.15, -0.1) is 0 Å². The van der Waals surface area contributed by atoms with E-state index in [0.29, 0.717) is 0 Å². The Morgan fingerprint density at radius 1 is 0.696 bits per heavy atom. The van der Waals surface area contributed by atoms with Crippen LogP contribution in [0, 0.1) is 0 Å². The number of halogens is 1. The molecule has 0 saturated heterocycles. The first-order chi connectivity index (χ1) is 10.8. The average molecular weight is 342 g/mol. The summed E-state index contributed by atoms with van der Waals surface area (Å²) >= 11 is 0. The van der Waals surface area contributed by atoms with E-state index in [4.69, 9.17) is 0 Å². The Labute approximate surface area is 152 Å². The van der Waals surface area contributed by atoms with Crippen LogP contribution in [0.15, 0.2) is 24.4 Å². The van der Waals surface area contributed by atoms with Gasteiger partial charge in [0.15, 0.2) is 0 Å². The van der Waals surface area contributed by atoms with Crippen molar-refractivity contribution in [2.45, 2.75) is 90.9 Å². The van der Waals surface area contributed by atoms with E-state index >= 15 is 0 Å². The highest BCUT2D eigenvalue weighted by atomic mass is 35.5. The van der Waals surface area contributed by atoms with Gasteiger partial charge < -0.3 is 12.4 Å². The van der Waals surface area contributed by atoms with Gasteiger partial charge in [-0.3, -0.25) is 4.48 Å². The van der Waals surface area contributed by atoms with Crippen LogP contribution in [-0.2, 0) is 0 Å². The fraction of sp³-hybridized carbons (Fsp3) is 0.810. The van der Waals surface area contributed by atoms with Crippen molar-refractivity contribution in [3.63, 3.8) is 0 Å². The van der Waals surface area contributed by atoms with Crippen molar-refractivity contribution in [2.75, 3.05) is 19.6 Å². The zero-order valence-corrected chi connectivity index (χ0v) is 16.5. The Morgan fingerprint density at radius 2 is 1.22 bits per heavy atom. The number of hydrogen-bond acceptors (Lipinski definition) is 0. The van der Waals surface area contributed by atoms with Gasteiger partial charge >= 0.3 is 0 Å². The highest BCUT2D eigenvalue weighted by Crippen LogP contribution is 2.16. The standard InChI is InChI=1S/C21H40N.ClH/c1-3-5-6-7-8-9-10-11-12-13-14-16-19-22(4-2)20-17-15-18-21-22;/h15,17-18,20H,3-14,16,19,21H2,1-2H3;1H/q+1;/p-1. The van der Waals surface area contributed by atoms with Crippen LogP contribution < -0.4 is 12.4 Å². The van der Waals surface area contributed by atoms with E-state index in [9.17, 15) is 0 Å². The molecule has 1 aliphatic rings. The number of hydrogen-bond donors (Lipinski definition) is 0. The fourth-order valence-corrected chi connectivity index (χ4v) is 3.47. The molecule has 23 heavy (non-hydrogen) atoms. The third-order valence-electron chi connectivity index (χ3n) is 5.21. The molecular formula is C21H40ClN. The lowest BCUT2D eigenvalue weighted by Gasteiger charge is -2.34. The predicted octanol–water partition coefficient (Wildman–Crippen LogP) is 3.61. The van der Waals surface area contributed by atoms with Crippen molar-refractivity contribution in [1.82, 2.24) is 0 Å². The number of quaternary nitrogens is 1. The second-order valence-corrected chi connectivity index (χ2v) is 7.10. The molecule has 0 radical (unpaired) electrons. The SMILES string of the molecule is CCCCCCCCCCCCCC[N+]1(CC)C=CC=CC1.[Cl-]. The number of allylic oxidation sites excluding steroid dienone is 2. The molecule has 0 amide bonds. The van der Waals surface area contributed by atoms with E-state index < -0.39 is 0 Å². The molecule has 0 saturated carbocycles. The van der Waals surface area contributed by atoms with Gasteiger partial charge in [0.2, 0.25) is 0 Å². The van der Waals surface area contributed by atoms with Gasteiger partial charge in [0, 0.05) is 0 Å². The van der Waals surface area contributed by atoms with Crippen molar-refractivity contribution < 1.29 is 16.9 Å². The van der Waals surface area contributed by atoms with E-state index in [2.05, 4.69) is 38.3 Å². The minimum atomic E-state index is 0. The maximum absolute atomic E-state index is 2.40. The molecule has 0 aliphatic carbocycles. The molecule has 0 aromatic heterocycles. The topological polar surface area (TPSA) is 0 Å². The number of unbranched alkanes of at least 4 members (excludes halogenated alkanes) is 11. The normalized spacial score (nSPS) is 19.7. The summed E-state index contributed by atoms with van der Waals surface area (Å²) in [6.45, 7) is 8.38. The minimum Gasteiger partial charge on any atom is -1.00 e. The first-order valence-corrected chi connectivity index (χ1v) is 10.0. The van der Waals surface area contributed by atoms with Crippen LogP contribution in [0.4, 0.5) is 0 Å². The second kappa shape index (κ2) is 15.3. The summed E-state index contributed by atoms with van der Waals surface area (Å²) in [6.07, 6.45) is 26.4. The highest BCUT2D eigenvalue weighted by molar-refractivity contribution is 5.03. The Kier molecular flexibility index (Phi) is 15.1. The van der Waals surface area contributed by atoms with Crippen molar-refractivity contribution in [1.29, 1.82) is 0 Å². The van der Waals surface area contributed by atoms with Gasteiger partial charge in [-0.25, -0.2) is 0 Å². The molecule has 0 aromatic carbocycles. The molecule has 136 valence electrons. The quantitative estimate of drug-likeness (QED) is 0.334. The summed E-state index contributed by atoms with van der Waals surface area (Å²) in [7, 11) is 0. The minimum absolute atomic E-state index is 0. The third-order valence-corrected chi connectivity index (χ3v) is 5.21. The average Bonchev–Trinajstić information content (AvgIpc) is 2.57. The Morgan fingerprint density at radius 3 is 1.65 bits per heavy atom. The lowest BCUT2D eigenvalue weighted by Crippen LogP contribution is -3.00. The number of likely N-dealkylation sites (N-methyl/N-ethyl adjacent to an activating group) is 1. The Bertz CT molecular complexity index is 311. The van der Waals surface area contributed by atoms with Crippen LogP contribution in [0.1, 0.15) is 90.9 Å². The van der Waals surface area contributed by atoms with Gasteiger partial charge in [0.1, 0.15) is 6.54 Å². The molecule has 1 aliphatic heterocycles. The number of rotatable bonds is 14. The predicted molar refractivity (Wildman–Crippen MR) is 99.9 cm³/mol. The van der Waals surface area contributed by atoms with Crippen LogP contribution in [0.25, 0.3) is 0 Å².